The molecule has 0 spiro atoms. The van der Waals surface area contributed by atoms with Gasteiger partial charge in [-0.1, -0.05) is 47.5 Å². The highest BCUT2D eigenvalue weighted by Gasteiger charge is 2.45. The fourth-order valence-electron chi connectivity index (χ4n) is 8.75. The lowest BCUT2D eigenvalue weighted by Gasteiger charge is -2.49. The summed E-state index contributed by atoms with van der Waals surface area (Å²) in [5.41, 5.74) is 2.27. The number of amides is 3. The number of likely N-dealkylation sites (N-methyl/N-ethyl adjacent to an activating group) is 1. The monoisotopic (exact) mass is 1010 g/mol. The lowest BCUT2D eigenvalue weighted by Crippen LogP contribution is -2.65. The number of methoxy groups -OCH3 is 1. The average molecular weight is 1010 g/mol. The Labute approximate surface area is 427 Å². The van der Waals surface area contributed by atoms with Crippen molar-refractivity contribution in [2.24, 2.45) is 13.0 Å². The molecule has 2 N–H and O–H groups in total. The van der Waals surface area contributed by atoms with Gasteiger partial charge >= 0.3 is 5.97 Å². The van der Waals surface area contributed by atoms with Crippen molar-refractivity contribution >= 4 is 46.9 Å². The maximum Gasteiger partial charge on any atom is 0.307 e. The maximum absolute atomic E-state index is 14.8. The van der Waals surface area contributed by atoms with Crippen LogP contribution in [0.2, 0.25) is 10.0 Å². The topological polar surface area (TPSA) is 173 Å². The van der Waals surface area contributed by atoms with Gasteiger partial charge < -0.3 is 44.1 Å². The Morgan fingerprint density at radius 2 is 1.68 bits per heavy atom. The second-order valence-electron chi connectivity index (χ2n) is 19.5. The number of hydrogen-bond acceptors (Lipinski definition) is 12. The van der Waals surface area contributed by atoms with E-state index in [0.29, 0.717) is 59.6 Å². The van der Waals surface area contributed by atoms with Crippen molar-refractivity contribution in [1.29, 1.82) is 0 Å². The molecule has 380 valence electrons. The molecule has 0 bridgehead atoms. The van der Waals surface area contributed by atoms with Crippen molar-refractivity contribution < 1.29 is 33.4 Å². The quantitative estimate of drug-likeness (QED) is 0.0704. The average Bonchev–Trinajstić information content (AvgIpc) is 3.68. The molecule has 2 aromatic carbocycles. The van der Waals surface area contributed by atoms with Crippen LogP contribution in [-0.2, 0) is 61.6 Å². The molecule has 16 nitrogen and oxygen atoms in total. The molecule has 5 aromatic rings. The summed E-state index contributed by atoms with van der Waals surface area (Å²) < 4.78 is 19.5. The van der Waals surface area contributed by atoms with E-state index in [-0.39, 0.29) is 44.4 Å². The first-order valence-corrected chi connectivity index (χ1v) is 24.5. The third-order valence-electron chi connectivity index (χ3n) is 12.5. The highest BCUT2D eigenvalue weighted by molar-refractivity contribution is 6.31. The molecule has 1 aliphatic rings. The Bertz CT molecular complexity index is 2590. The fourth-order valence-corrected chi connectivity index (χ4v) is 9.03. The van der Waals surface area contributed by atoms with Gasteiger partial charge in [0.2, 0.25) is 17.7 Å². The van der Waals surface area contributed by atoms with Crippen LogP contribution < -0.4 is 15.4 Å². The Kier molecular flexibility index (Phi) is 18.8. The number of imidazole rings is 1. The van der Waals surface area contributed by atoms with E-state index in [1.807, 2.05) is 68.2 Å². The van der Waals surface area contributed by atoms with Crippen LogP contribution in [0.3, 0.4) is 0 Å². The number of hydrogen-bond donors (Lipinski definition) is 2. The van der Waals surface area contributed by atoms with Gasteiger partial charge in [-0.25, -0.2) is 4.98 Å². The number of halogens is 2. The molecule has 0 radical (unpaired) electrons. The minimum absolute atomic E-state index is 0.108. The van der Waals surface area contributed by atoms with Crippen molar-refractivity contribution in [3.05, 3.63) is 124 Å². The fraction of sp³-hybridized carbons (Fsp3) is 0.453. The number of benzene rings is 2. The van der Waals surface area contributed by atoms with E-state index in [4.69, 9.17) is 37.4 Å². The van der Waals surface area contributed by atoms with Gasteiger partial charge in [-0.05, 0) is 115 Å². The molecular weight excluding hydrogens is 946 g/mol. The highest BCUT2D eigenvalue weighted by Crippen LogP contribution is 2.34. The zero-order valence-electron chi connectivity index (χ0n) is 42.2. The molecule has 6 rings (SSSR count). The number of esters is 1. The number of nitrogens with one attached hydrogen (secondary N) is 2. The number of carbonyl (C=O) groups excluding carboxylic acids is 4. The SMILES string of the molecule is COC[C@H](NC(=O)[C@H](C)NCc1ccc(Cl)cc1Oc1ccc(-c2cnc(CN(C)C)n2C)nc1)C(=O)N(C)[C@@]1(Cc2ccc(Cl)cc2)CCCN(C(=O)[C@@H](CC(=O)OC(C)(C)C)Cc2ccccn2)C1. The molecule has 18 heteroatoms. The third-order valence-corrected chi connectivity index (χ3v) is 12.9. The molecule has 4 heterocycles. The zero-order chi connectivity index (χ0) is 51.5. The molecule has 3 amide bonds. The molecule has 3 aromatic heterocycles. The van der Waals surface area contributed by atoms with Gasteiger partial charge in [-0.2, -0.15) is 0 Å². The maximum atomic E-state index is 14.8. The smallest absolute Gasteiger partial charge is 0.307 e. The van der Waals surface area contributed by atoms with Crippen LogP contribution in [0.25, 0.3) is 11.4 Å². The van der Waals surface area contributed by atoms with Crippen LogP contribution in [0, 0.1) is 5.92 Å². The van der Waals surface area contributed by atoms with Crippen molar-refractivity contribution in [3.8, 4) is 22.9 Å². The van der Waals surface area contributed by atoms with Gasteiger partial charge in [-0.3, -0.25) is 29.1 Å². The predicted molar refractivity (Wildman–Crippen MR) is 274 cm³/mol. The zero-order valence-corrected chi connectivity index (χ0v) is 43.7. The van der Waals surface area contributed by atoms with Crippen LogP contribution in [0.4, 0.5) is 0 Å². The lowest BCUT2D eigenvalue weighted by molar-refractivity contribution is -0.159. The van der Waals surface area contributed by atoms with Gasteiger partial charge in [0.15, 0.2) is 0 Å². The van der Waals surface area contributed by atoms with Gasteiger partial charge in [0.1, 0.15) is 29.0 Å². The van der Waals surface area contributed by atoms with Crippen molar-refractivity contribution in [1.82, 2.24) is 44.9 Å². The molecule has 1 saturated heterocycles. The summed E-state index contributed by atoms with van der Waals surface area (Å²) in [6, 6.07) is 20.0. The summed E-state index contributed by atoms with van der Waals surface area (Å²) in [7, 11) is 9.13. The van der Waals surface area contributed by atoms with Crippen LogP contribution >= 0.6 is 23.2 Å². The van der Waals surface area contributed by atoms with Gasteiger partial charge in [0, 0.05) is 74.8 Å². The Morgan fingerprint density at radius 3 is 2.34 bits per heavy atom. The van der Waals surface area contributed by atoms with Crippen LogP contribution in [0.5, 0.6) is 11.5 Å². The number of aromatic nitrogens is 4. The largest absolute Gasteiger partial charge is 0.460 e. The number of nitrogens with zero attached hydrogens (tertiary/aromatic N) is 7. The Morgan fingerprint density at radius 1 is 0.930 bits per heavy atom. The van der Waals surface area contributed by atoms with E-state index in [0.717, 1.165) is 28.3 Å². The summed E-state index contributed by atoms with van der Waals surface area (Å²) in [4.78, 5) is 75.9. The van der Waals surface area contributed by atoms with E-state index in [1.54, 1.807) is 93.5 Å². The van der Waals surface area contributed by atoms with Gasteiger partial charge in [0.05, 0.1) is 60.9 Å². The summed E-state index contributed by atoms with van der Waals surface area (Å²) in [5.74, 6) is -0.408. The van der Waals surface area contributed by atoms with E-state index in [2.05, 4.69) is 30.5 Å². The van der Waals surface area contributed by atoms with Crippen molar-refractivity contribution in [2.45, 2.75) is 96.1 Å². The summed E-state index contributed by atoms with van der Waals surface area (Å²) in [6.07, 6.45) is 6.70. The molecular formula is C53H67Cl2N9O7. The molecule has 0 saturated carbocycles. The Balaban J connectivity index is 1.16. The van der Waals surface area contributed by atoms with Gasteiger partial charge in [0.25, 0.3) is 0 Å². The number of pyridine rings is 2. The van der Waals surface area contributed by atoms with Crippen molar-refractivity contribution in [2.75, 3.05) is 47.9 Å². The van der Waals surface area contributed by atoms with Crippen LogP contribution in [0.1, 0.15) is 69.6 Å². The number of carbonyl (C=O) groups is 4. The number of rotatable bonds is 21. The third kappa shape index (κ3) is 15.1. The minimum Gasteiger partial charge on any atom is -0.460 e. The first-order chi connectivity index (χ1) is 33.7. The highest BCUT2D eigenvalue weighted by atomic mass is 35.5. The molecule has 1 fully saturated rings. The summed E-state index contributed by atoms with van der Waals surface area (Å²) >= 11 is 12.7. The molecule has 1 aliphatic heterocycles. The van der Waals surface area contributed by atoms with Crippen LogP contribution in [-0.4, -0.2) is 129 Å². The minimum atomic E-state index is -1.07. The number of piperidine rings is 1. The van der Waals surface area contributed by atoms with Crippen molar-refractivity contribution in [3.63, 3.8) is 0 Å². The predicted octanol–water partition coefficient (Wildman–Crippen LogP) is 7.30. The number of ether oxygens (including phenoxy) is 3. The van der Waals surface area contributed by atoms with E-state index < -0.39 is 41.0 Å². The summed E-state index contributed by atoms with van der Waals surface area (Å²) in [6.45, 7) is 8.48. The first-order valence-electron chi connectivity index (χ1n) is 23.8. The summed E-state index contributed by atoms with van der Waals surface area (Å²) in [5, 5.41) is 7.24. The number of likely N-dealkylation sites (tertiary alicyclic amines) is 1. The first kappa shape index (κ1) is 54.4. The van der Waals surface area contributed by atoms with E-state index >= 15 is 0 Å². The second kappa shape index (κ2) is 24.5. The molecule has 0 aliphatic carbocycles. The Hall–Kier alpha value is -5.91. The second-order valence-corrected chi connectivity index (χ2v) is 20.4. The lowest BCUT2D eigenvalue weighted by atomic mass is 9.80. The van der Waals surface area contributed by atoms with Gasteiger partial charge in [-0.15, -0.1) is 0 Å². The van der Waals surface area contributed by atoms with Crippen LogP contribution in [0.15, 0.2) is 91.4 Å². The van der Waals surface area contributed by atoms with E-state index in [9.17, 15) is 19.2 Å². The molecule has 71 heavy (non-hydrogen) atoms. The normalized spacial score (nSPS) is 16.3. The molecule has 4 atom stereocenters. The standard InChI is InChI=1S/C53H67Cl2N9O7/c1-35(57-29-37-16-19-40(55)27-46(37)70-42-20-21-43(58-30-42)45-31-59-47(62(45)7)32-61(5)6)49(66)60-44(33-69-9)51(68)63(8)53(28-36-14-17-39(54)18-15-36)22-12-24-64(34-53)50(67)38(25-41-13-10-11-23-56-41)26-48(65)71-52(2,3)4/h10-11,13-21,23,27,30-31,35,38,44,57H,12,22,24-26,28-29,32-34H2,1-9H3,(H,60,66)/t35-,38+,44-,53+/m0/s1. The molecule has 0 unspecified atom stereocenters. The van der Waals surface area contributed by atoms with E-state index in [1.165, 1.54) is 7.11 Å².